The average molecular weight is 336 g/mol. The third kappa shape index (κ3) is 4.85. The molecule has 0 amide bonds. The summed E-state index contributed by atoms with van der Waals surface area (Å²) in [7, 11) is 0. The van der Waals surface area contributed by atoms with Crippen molar-refractivity contribution in [3.63, 3.8) is 0 Å². The molecule has 0 radical (unpaired) electrons. The van der Waals surface area contributed by atoms with Gasteiger partial charge in [-0.05, 0) is 38.9 Å². The van der Waals surface area contributed by atoms with Crippen LogP contribution in [0.2, 0.25) is 0 Å². The van der Waals surface area contributed by atoms with Crippen LogP contribution in [0.15, 0.2) is 18.2 Å². The molecule has 0 spiro atoms. The first kappa shape index (κ1) is 19.0. The molecule has 1 fully saturated rings. The Morgan fingerprint density at radius 3 is 2.33 bits per heavy atom. The summed E-state index contributed by atoms with van der Waals surface area (Å²) in [5, 5.41) is 10.0. The molecule has 1 saturated heterocycles. The number of hydrogen-bond acceptors (Lipinski definition) is 5. The van der Waals surface area contributed by atoms with Crippen molar-refractivity contribution in [2.24, 2.45) is 0 Å². The lowest BCUT2D eigenvalue weighted by molar-refractivity contribution is 0.0637. The van der Waals surface area contributed by atoms with Gasteiger partial charge in [0.25, 0.3) is 0 Å². The van der Waals surface area contributed by atoms with Gasteiger partial charge < -0.3 is 19.5 Å². The lowest BCUT2D eigenvalue weighted by atomic mass is 10.0. The number of rotatable bonds is 9. The van der Waals surface area contributed by atoms with Crippen molar-refractivity contribution >= 4 is 0 Å². The quantitative estimate of drug-likeness (QED) is 0.751. The number of hydrogen-bond donors (Lipinski definition) is 1. The van der Waals surface area contributed by atoms with E-state index in [1.165, 1.54) is 6.42 Å². The third-order valence-electron chi connectivity index (χ3n) is 4.52. The molecule has 0 aliphatic carbocycles. The Morgan fingerprint density at radius 1 is 1.04 bits per heavy atom. The summed E-state index contributed by atoms with van der Waals surface area (Å²) in [5.74, 6) is 1.63. The van der Waals surface area contributed by atoms with Crippen molar-refractivity contribution in [3.05, 3.63) is 23.8 Å². The molecule has 1 atom stereocenters. The second kappa shape index (κ2) is 9.87. The van der Waals surface area contributed by atoms with Gasteiger partial charge in [0.2, 0.25) is 0 Å². The summed E-state index contributed by atoms with van der Waals surface area (Å²) >= 11 is 0. The van der Waals surface area contributed by atoms with Crippen LogP contribution in [0.5, 0.6) is 11.5 Å². The van der Waals surface area contributed by atoms with Gasteiger partial charge >= 0.3 is 0 Å². The molecule has 1 unspecified atom stereocenters. The molecular weight excluding hydrogens is 304 g/mol. The van der Waals surface area contributed by atoms with Crippen molar-refractivity contribution in [1.29, 1.82) is 0 Å². The van der Waals surface area contributed by atoms with Gasteiger partial charge in [-0.1, -0.05) is 6.92 Å². The Labute approximate surface area is 146 Å². The van der Waals surface area contributed by atoms with E-state index >= 15 is 0 Å². The predicted molar refractivity (Wildman–Crippen MR) is 96.9 cm³/mol. The van der Waals surface area contributed by atoms with Crippen molar-refractivity contribution in [1.82, 2.24) is 9.80 Å². The Bertz CT molecular complexity index is 488. The molecule has 1 heterocycles. The van der Waals surface area contributed by atoms with Crippen LogP contribution >= 0.6 is 0 Å². The Kier molecular flexibility index (Phi) is 7.82. The highest BCUT2D eigenvalue weighted by molar-refractivity contribution is 5.42. The molecule has 1 N–H and O–H groups in total. The van der Waals surface area contributed by atoms with Crippen LogP contribution < -0.4 is 9.47 Å². The van der Waals surface area contributed by atoms with Gasteiger partial charge in [-0.25, -0.2) is 0 Å². The Hall–Kier alpha value is -1.30. The van der Waals surface area contributed by atoms with Crippen molar-refractivity contribution < 1.29 is 14.6 Å². The summed E-state index contributed by atoms with van der Waals surface area (Å²) in [6.07, 6.45) is 1.19. The minimum absolute atomic E-state index is 0.0222. The zero-order valence-corrected chi connectivity index (χ0v) is 15.3. The van der Waals surface area contributed by atoms with Crippen LogP contribution in [0.1, 0.15) is 38.8 Å². The predicted octanol–water partition coefficient (Wildman–Crippen LogP) is 2.55. The Balaban J connectivity index is 2.14. The van der Waals surface area contributed by atoms with Gasteiger partial charge in [0, 0.05) is 37.8 Å². The van der Waals surface area contributed by atoms with E-state index in [9.17, 15) is 5.11 Å². The molecule has 0 saturated carbocycles. The normalized spacial score (nSPS) is 17.7. The smallest absolute Gasteiger partial charge is 0.127 e. The van der Waals surface area contributed by atoms with Crippen LogP contribution in [0.3, 0.4) is 0 Å². The maximum atomic E-state index is 10.0. The molecule has 1 aromatic rings. The summed E-state index contributed by atoms with van der Waals surface area (Å²) < 4.78 is 11.4. The van der Waals surface area contributed by atoms with E-state index in [1.807, 2.05) is 32.0 Å². The highest BCUT2D eigenvalue weighted by Crippen LogP contribution is 2.33. The molecule has 136 valence electrons. The molecule has 1 aliphatic heterocycles. The average Bonchev–Trinajstić information content (AvgIpc) is 2.59. The summed E-state index contributed by atoms with van der Waals surface area (Å²) in [6.45, 7) is 12.7. The highest BCUT2D eigenvalue weighted by atomic mass is 16.5. The second-order valence-corrected chi connectivity index (χ2v) is 6.14. The number of benzene rings is 1. The lowest BCUT2D eigenvalue weighted by Crippen LogP contribution is -2.48. The fourth-order valence-electron chi connectivity index (χ4n) is 3.35. The van der Waals surface area contributed by atoms with Gasteiger partial charge in [-0.2, -0.15) is 0 Å². The molecule has 1 aliphatic rings. The topological polar surface area (TPSA) is 45.2 Å². The fraction of sp³-hybridized carbons (Fsp3) is 0.684. The zero-order chi connectivity index (χ0) is 17.4. The van der Waals surface area contributed by atoms with E-state index in [1.54, 1.807) is 0 Å². The number of ether oxygens (including phenoxy) is 2. The number of nitrogens with zero attached hydrogens (tertiary/aromatic N) is 2. The maximum absolute atomic E-state index is 10.0. The molecule has 5 heteroatoms. The molecule has 1 aromatic carbocycles. The first-order valence-electron chi connectivity index (χ1n) is 9.20. The van der Waals surface area contributed by atoms with E-state index in [2.05, 4.69) is 16.7 Å². The monoisotopic (exact) mass is 336 g/mol. The standard InChI is InChI=1S/C19H32N2O3/c1-4-9-20-10-12-21(13-11-20)18(15-22)17-8-7-16(23-5-2)14-19(17)24-6-3/h7-8,14,18,22H,4-6,9-13,15H2,1-3H3. The van der Waals surface area contributed by atoms with Gasteiger partial charge in [-0.3, -0.25) is 4.90 Å². The third-order valence-corrected chi connectivity index (χ3v) is 4.52. The molecule has 0 bridgehead atoms. The molecular formula is C19H32N2O3. The largest absolute Gasteiger partial charge is 0.494 e. The van der Waals surface area contributed by atoms with Gasteiger partial charge in [-0.15, -0.1) is 0 Å². The van der Waals surface area contributed by atoms with Crippen molar-refractivity contribution in [3.8, 4) is 11.5 Å². The first-order valence-corrected chi connectivity index (χ1v) is 9.20. The fourth-order valence-corrected chi connectivity index (χ4v) is 3.35. The van der Waals surface area contributed by atoms with E-state index in [0.717, 1.165) is 49.8 Å². The summed E-state index contributed by atoms with van der Waals surface area (Å²) in [6, 6.07) is 5.93. The van der Waals surface area contributed by atoms with Crippen molar-refractivity contribution in [2.45, 2.75) is 33.2 Å². The lowest BCUT2D eigenvalue weighted by Gasteiger charge is -2.39. The van der Waals surface area contributed by atoms with Crippen LogP contribution in [-0.2, 0) is 0 Å². The highest BCUT2D eigenvalue weighted by Gasteiger charge is 2.26. The van der Waals surface area contributed by atoms with E-state index in [-0.39, 0.29) is 12.6 Å². The summed E-state index contributed by atoms with van der Waals surface area (Å²) in [5.41, 5.74) is 1.05. The number of aliphatic hydroxyl groups excluding tert-OH is 1. The zero-order valence-electron chi connectivity index (χ0n) is 15.3. The molecule has 0 aromatic heterocycles. The summed E-state index contributed by atoms with van der Waals surface area (Å²) in [4.78, 5) is 4.86. The minimum Gasteiger partial charge on any atom is -0.494 e. The van der Waals surface area contributed by atoms with Crippen LogP contribution in [-0.4, -0.2) is 67.5 Å². The molecule has 24 heavy (non-hydrogen) atoms. The minimum atomic E-state index is -0.0222. The molecule has 2 rings (SSSR count). The van der Waals surface area contributed by atoms with Crippen molar-refractivity contribution in [2.75, 3.05) is 52.5 Å². The number of aliphatic hydroxyl groups is 1. The molecule has 5 nitrogen and oxygen atoms in total. The van der Waals surface area contributed by atoms with E-state index in [4.69, 9.17) is 9.47 Å². The van der Waals surface area contributed by atoms with Gasteiger partial charge in [0.15, 0.2) is 0 Å². The van der Waals surface area contributed by atoms with E-state index < -0.39 is 0 Å². The van der Waals surface area contributed by atoms with Crippen LogP contribution in [0, 0.1) is 0 Å². The SMILES string of the molecule is CCCN1CCN(C(CO)c2ccc(OCC)cc2OCC)CC1. The maximum Gasteiger partial charge on any atom is 0.127 e. The van der Waals surface area contributed by atoms with Gasteiger partial charge in [0.1, 0.15) is 11.5 Å². The van der Waals surface area contributed by atoms with E-state index in [0.29, 0.717) is 13.2 Å². The van der Waals surface area contributed by atoms with Crippen LogP contribution in [0.4, 0.5) is 0 Å². The first-order chi connectivity index (χ1) is 11.7. The second-order valence-electron chi connectivity index (χ2n) is 6.14. The number of piperazine rings is 1. The Morgan fingerprint density at radius 2 is 1.75 bits per heavy atom. The van der Waals surface area contributed by atoms with Gasteiger partial charge in [0.05, 0.1) is 25.9 Å². The van der Waals surface area contributed by atoms with Crippen LogP contribution in [0.25, 0.3) is 0 Å².